The van der Waals surface area contributed by atoms with Gasteiger partial charge in [0, 0.05) is 20.2 Å². The number of nitrogens with zero attached hydrogens (tertiary/aromatic N) is 1. The number of benzene rings is 1. The largest absolute Gasteiger partial charge is 0.383 e. The van der Waals surface area contributed by atoms with Gasteiger partial charge in [-0.2, -0.15) is 0 Å². The van der Waals surface area contributed by atoms with Crippen LogP contribution >= 0.6 is 0 Å². The molecule has 1 aromatic carbocycles. The van der Waals surface area contributed by atoms with Gasteiger partial charge in [0.25, 0.3) is 0 Å². The predicted molar refractivity (Wildman–Crippen MR) is 79.3 cm³/mol. The van der Waals surface area contributed by atoms with Gasteiger partial charge in [-0.15, -0.1) is 0 Å². The maximum absolute atomic E-state index is 12.2. The van der Waals surface area contributed by atoms with Crippen LogP contribution in [0.25, 0.3) is 0 Å². The lowest BCUT2D eigenvalue weighted by Crippen LogP contribution is -2.49. The lowest BCUT2D eigenvalue weighted by molar-refractivity contribution is -0.135. The van der Waals surface area contributed by atoms with Crippen LogP contribution in [0.3, 0.4) is 0 Å². The summed E-state index contributed by atoms with van der Waals surface area (Å²) in [5.74, 6) is 0.550. The fourth-order valence-corrected chi connectivity index (χ4v) is 2.86. The number of likely N-dealkylation sites (tertiary alicyclic amines) is 1. The van der Waals surface area contributed by atoms with Gasteiger partial charge in [0.15, 0.2) is 0 Å². The molecule has 1 amide bonds. The molecule has 20 heavy (non-hydrogen) atoms. The van der Waals surface area contributed by atoms with Crippen molar-refractivity contribution in [3.63, 3.8) is 0 Å². The number of carbonyl (C=O) groups is 1. The monoisotopic (exact) mass is 276 g/mol. The minimum Gasteiger partial charge on any atom is -0.383 e. The summed E-state index contributed by atoms with van der Waals surface area (Å²) in [6, 6.07) is 9.93. The Morgan fingerprint density at radius 2 is 2.20 bits per heavy atom. The van der Waals surface area contributed by atoms with Crippen molar-refractivity contribution in [1.29, 1.82) is 0 Å². The van der Waals surface area contributed by atoms with Crippen molar-refractivity contribution >= 4 is 5.91 Å². The van der Waals surface area contributed by atoms with Gasteiger partial charge in [0.1, 0.15) is 6.04 Å². The Balaban J connectivity index is 1.90. The lowest BCUT2D eigenvalue weighted by Gasteiger charge is -2.34. The number of methoxy groups -OCH3 is 1. The van der Waals surface area contributed by atoms with E-state index in [9.17, 15) is 4.79 Å². The number of carbonyl (C=O) groups excluding carboxylic acids is 1. The molecule has 1 aliphatic heterocycles. The quantitative estimate of drug-likeness (QED) is 0.885. The molecule has 1 fully saturated rings. The number of amides is 1. The number of piperidine rings is 1. The summed E-state index contributed by atoms with van der Waals surface area (Å²) in [6.07, 6.45) is 3.27. The summed E-state index contributed by atoms with van der Waals surface area (Å²) < 4.78 is 4.97. The van der Waals surface area contributed by atoms with E-state index in [2.05, 4.69) is 24.3 Å². The standard InChI is InChI=1S/C16H24N2O2/c1-20-12-15(17)16(19)18-9-5-8-14(11-18)10-13-6-3-2-4-7-13/h2-4,6-7,14-15H,5,8-12,17H2,1H3. The highest BCUT2D eigenvalue weighted by atomic mass is 16.5. The van der Waals surface area contributed by atoms with Crippen LogP contribution in [0.4, 0.5) is 0 Å². The van der Waals surface area contributed by atoms with Gasteiger partial charge >= 0.3 is 0 Å². The molecule has 1 aliphatic rings. The van der Waals surface area contributed by atoms with Crippen molar-refractivity contribution in [2.24, 2.45) is 11.7 Å². The minimum atomic E-state index is -0.532. The maximum atomic E-state index is 12.2. The molecule has 0 aromatic heterocycles. The van der Waals surface area contributed by atoms with E-state index in [1.165, 1.54) is 12.0 Å². The summed E-state index contributed by atoms with van der Waals surface area (Å²) >= 11 is 0. The second-order valence-corrected chi connectivity index (χ2v) is 5.54. The molecule has 0 spiro atoms. The molecular weight excluding hydrogens is 252 g/mol. The minimum absolute atomic E-state index is 0.0182. The Bertz CT molecular complexity index is 422. The molecule has 2 atom stereocenters. The van der Waals surface area contributed by atoms with Crippen molar-refractivity contribution in [3.05, 3.63) is 35.9 Å². The van der Waals surface area contributed by atoms with Crippen molar-refractivity contribution in [2.75, 3.05) is 26.8 Å². The van der Waals surface area contributed by atoms with Gasteiger partial charge in [-0.05, 0) is 30.7 Å². The molecule has 0 radical (unpaired) electrons. The Labute approximate surface area is 120 Å². The Kier molecular flexibility index (Phi) is 5.56. The van der Waals surface area contributed by atoms with Crippen molar-refractivity contribution in [1.82, 2.24) is 4.90 Å². The first-order valence-electron chi connectivity index (χ1n) is 7.28. The highest BCUT2D eigenvalue weighted by Crippen LogP contribution is 2.21. The topological polar surface area (TPSA) is 55.6 Å². The smallest absolute Gasteiger partial charge is 0.241 e. The molecule has 1 aromatic rings. The van der Waals surface area contributed by atoms with Crippen LogP contribution in [-0.4, -0.2) is 43.7 Å². The molecule has 0 bridgehead atoms. The summed E-state index contributed by atoms with van der Waals surface area (Å²) in [5, 5.41) is 0. The van der Waals surface area contributed by atoms with Gasteiger partial charge in [0.2, 0.25) is 5.91 Å². The van der Waals surface area contributed by atoms with Gasteiger partial charge in [-0.25, -0.2) is 0 Å². The average molecular weight is 276 g/mol. The van der Waals surface area contributed by atoms with Gasteiger partial charge < -0.3 is 15.4 Å². The first kappa shape index (κ1) is 15.0. The first-order chi connectivity index (χ1) is 9.70. The van der Waals surface area contributed by atoms with Crippen LogP contribution in [0, 0.1) is 5.92 Å². The average Bonchev–Trinajstić information content (AvgIpc) is 2.48. The Morgan fingerprint density at radius 1 is 1.45 bits per heavy atom. The number of hydrogen-bond donors (Lipinski definition) is 1. The van der Waals surface area contributed by atoms with Gasteiger partial charge in [-0.1, -0.05) is 30.3 Å². The van der Waals surface area contributed by atoms with Crippen LogP contribution in [0.2, 0.25) is 0 Å². The highest BCUT2D eigenvalue weighted by Gasteiger charge is 2.27. The SMILES string of the molecule is COCC(N)C(=O)N1CCCC(Cc2ccccc2)C1. The number of nitrogens with two attached hydrogens (primary N) is 1. The van der Waals surface area contributed by atoms with E-state index in [-0.39, 0.29) is 5.91 Å². The zero-order valence-corrected chi connectivity index (χ0v) is 12.1. The third-order valence-electron chi connectivity index (χ3n) is 3.86. The van der Waals surface area contributed by atoms with E-state index in [0.29, 0.717) is 12.5 Å². The van der Waals surface area contributed by atoms with Crippen LogP contribution < -0.4 is 5.73 Å². The van der Waals surface area contributed by atoms with Crippen LogP contribution in [0.1, 0.15) is 18.4 Å². The van der Waals surface area contributed by atoms with E-state index in [4.69, 9.17) is 10.5 Å². The summed E-state index contributed by atoms with van der Waals surface area (Å²) in [7, 11) is 1.57. The molecule has 4 heteroatoms. The lowest BCUT2D eigenvalue weighted by atomic mass is 9.91. The number of rotatable bonds is 5. The number of ether oxygens (including phenoxy) is 1. The second-order valence-electron chi connectivity index (χ2n) is 5.54. The normalized spacial score (nSPS) is 20.7. The highest BCUT2D eigenvalue weighted by molar-refractivity contribution is 5.81. The zero-order valence-electron chi connectivity index (χ0n) is 12.1. The van der Waals surface area contributed by atoms with Crippen LogP contribution in [0.15, 0.2) is 30.3 Å². The van der Waals surface area contributed by atoms with E-state index >= 15 is 0 Å². The van der Waals surface area contributed by atoms with Crippen molar-refractivity contribution < 1.29 is 9.53 Å². The fraction of sp³-hybridized carbons (Fsp3) is 0.562. The third-order valence-corrected chi connectivity index (χ3v) is 3.86. The van der Waals surface area contributed by atoms with Crippen LogP contribution in [-0.2, 0) is 16.0 Å². The van der Waals surface area contributed by atoms with E-state index in [0.717, 1.165) is 25.9 Å². The van der Waals surface area contributed by atoms with E-state index in [1.807, 2.05) is 11.0 Å². The zero-order chi connectivity index (χ0) is 14.4. The van der Waals surface area contributed by atoms with Gasteiger partial charge in [-0.3, -0.25) is 4.79 Å². The van der Waals surface area contributed by atoms with E-state index < -0.39 is 6.04 Å². The maximum Gasteiger partial charge on any atom is 0.241 e. The molecule has 110 valence electrons. The van der Waals surface area contributed by atoms with Crippen molar-refractivity contribution in [2.45, 2.75) is 25.3 Å². The Hall–Kier alpha value is -1.39. The van der Waals surface area contributed by atoms with Gasteiger partial charge in [0.05, 0.1) is 6.61 Å². The first-order valence-corrected chi connectivity index (χ1v) is 7.28. The summed E-state index contributed by atoms with van der Waals surface area (Å²) in [5.41, 5.74) is 7.18. The molecule has 1 heterocycles. The fourth-order valence-electron chi connectivity index (χ4n) is 2.86. The van der Waals surface area contributed by atoms with Crippen LogP contribution in [0.5, 0.6) is 0 Å². The summed E-state index contributed by atoms with van der Waals surface area (Å²) in [4.78, 5) is 14.1. The Morgan fingerprint density at radius 3 is 2.90 bits per heavy atom. The van der Waals surface area contributed by atoms with Crippen molar-refractivity contribution in [3.8, 4) is 0 Å². The molecule has 0 aliphatic carbocycles. The third kappa shape index (κ3) is 4.05. The molecular formula is C16H24N2O2. The predicted octanol–water partition coefficient (Wildman–Crippen LogP) is 1.44. The molecule has 2 rings (SSSR count). The molecule has 2 unspecified atom stereocenters. The molecule has 2 N–H and O–H groups in total. The molecule has 1 saturated heterocycles. The number of hydrogen-bond acceptors (Lipinski definition) is 3. The molecule has 4 nitrogen and oxygen atoms in total. The second kappa shape index (κ2) is 7.41. The van der Waals surface area contributed by atoms with E-state index in [1.54, 1.807) is 7.11 Å². The summed E-state index contributed by atoms with van der Waals surface area (Å²) in [6.45, 7) is 1.92. The molecule has 0 saturated carbocycles.